The smallest absolute Gasteiger partial charge is 0.340 e. The highest BCUT2D eigenvalue weighted by Gasteiger charge is 2.55. The van der Waals surface area contributed by atoms with E-state index in [1.54, 1.807) is 0 Å². The molecule has 2 aromatic carbocycles. The maximum Gasteiger partial charge on any atom is 0.340 e. The molecule has 3 aliphatic heterocycles. The maximum atomic E-state index is 13.5. The lowest BCUT2D eigenvalue weighted by Crippen LogP contribution is -2.62. The van der Waals surface area contributed by atoms with Gasteiger partial charge in [-0.15, -0.1) is 0 Å². The van der Waals surface area contributed by atoms with Crippen LogP contribution in [0, 0.1) is 5.92 Å². The number of hydrogen-bond acceptors (Lipinski definition) is 17. The second-order valence-electron chi connectivity index (χ2n) is 9.89. The van der Waals surface area contributed by atoms with E-state index in [2.05, 4.69) is 0 Å². The van der Waals surface area contributed by atoms with Crippen molar-refractivity contribution in [1.29, 1.82) is 0 Å². The molecule has 5 rings (SSSR count). The van der Waals surface area contributed by atoms with Crippen LogP contribution in [-0.4, -0.2) is 108 Å². The summed E-state index contributed by atoms with van der Waals surface area (Å²) in [4.78, 5) is 64.3. The van der Waals surface area contributed by atoms with E-state index in [4.69, 9.17) is 23.7 Å². The van der Waals surface area contributed by atoms with Crippen molar-refractivity contribution < 1.29 is 88.5 Å². The Bertz CT molecular complexity index is 1560. The standard InChI is InChI=1S/C26H22O18/c27-5-12-19-18(35)21(26(40-12)44-22(36)6-1-9(28)16(33)10(29)2-6)43-23(37)7-3-11(30)17(34)20-14(7)15(25(39)42-20)8(4-13(31)32)24(38)41-19/h1-3,8,12,15,18-19,21,26-30,33-35H,4-5H2,(H,31,32)/t8-,12+,15-,18-,19-,21+,26+/m0/s1. The lowest BCUT2D eigenvalue weighted by molar-refractivity contribution is -0.288. The Morgan fingerprint density at radius 2 is 1.50 bits per heavy atom. The molecule has 0 aromatic heterocycles. The molecule has 3 aliphatic rings. The van der Waals surface area contributed by atoms with Crippen molar-refractivity contribution in [2.45, 2.75) is 43.0 Å². The van der Waals surface area contributed by atoms with E-state index in [-0.39, 0.29) is 0 Å². The number of carbonyl (C=O) groups is 5. The minimum absolute atomic E-state index is 0.548. The number of phenolic OH excluding ortho intramolecular Hbond substituents is 5. The molecular weight excluding hydrogens is 600 g/mol. The first-order chi connectivity index (χ1) is 20.7. The number of ether oxygens (including phenoxy) is 5. The lowest BCUT2D eigenvalue weighted by Gasteiger charge is -2.42. The van der Waals surface area contributed by atoms with Crippen LogP contribution in [-0.2, 0) is 33.3 Å². The summed E-state index contributed by atoms with van der Waals surface area (Å²) in [5.74, 6) is -16.6. The van der Waals surface area contributed by atoms with Crippen LogP contribution < -0.4 is 4.74 Å². The molecule has 234 valence electrons. The Kier molecular flexibility index (Phi) is 7.58. The van der Waals surface area contributed by atoms with Crippen LogP contribution in [0.5, 0.6) is 34.5 Å². The first-order valence-electron chi connectivity index (χ1n) is 12.6. The third-order valence-corrected chi connectivity index (χ3v) is 7.18. The number of fused-ring (bicyclic) bond motifs is 2. The number of hydrogen-bond donors (Lipinski definition) is 8. The average Bonchev–Trinajstić information content (AvgIpc) is 3.30. The minimum Gasteiger partial charge on any atom is -0.504 e. The van der Waals surface area contributed by atoms with Gasteiger partial charge in [0.2, 0.25) is 12.0 Å². The van der Waals surface area contributed by atoms with Gasteiger partial charge in [0, 0.05) is 5.56 Å². The van der Waals surface area contributed by atoms with Crippen LogP contribution in [0.2, 0.25) is 0 Å². The van der Waals surface area contributed by atoms with Gasteiger partial charge in [0.25, 0.3) is 0 Å². The third kappa shape index (κ3) is 4.99. The molecule has 0 spiro atoms. The Balaban J connectivity index is 1.61. The molecule has 1 fully saturated rings. The molecule has 1 saturated heterocycles. The largest absolute Gasteiger partial charge is 0.504 e. The fourth-order valence-electron chi connectivity index (χ4n) is 5.11. The summed E-state index contributed by atoms with van der Waals surface area (Å²) in [5.41, 5.74) is -1.83. The van der Waals surface area contributed by atoms with Gasteiger partial charge < -0.3 is 64.5 Å². The Morgan fingerprint density at radius 1 is 0.864 bits per heavy atom. The number of carbonyl (C=O) groups excluding carboxylic acids is 4. The number of aliphatic hydroxyl groups is 2. The summed E-state index contributed by atoms with van der Waals surface area (Å²) >= 11 is 0. The van der Waals surface area contributed by atoms with Gasteiger partial charge in [-0.3, -0.25) is 14.4 Å². The number of aliphatic carboxylic acids is 1. The molecule has 44 heavy (non-hydrogen) atoms. The summed E-state index contributed by atoms with van der Waals surface area (Å²) < 4.78 is 26.3. The molecule has 0 aliphatic carbocycles. The van der Waals surface area contributed by atoms with Crippen molar-refractivity contribution in [1.82, 2.24) is 0 Å². The zero-order valence-electron chi connectivity index (χ0n) is 21.8. The third-order valence-electron chi connectivity index (χ3n) is 7.18. The first-order valence-corrected chi connectivity index (χ1v) is 12.6. The number of rotatable bonds is 5. The molecule has 2 bridgehead atoms. The molecule has 18 heteroatoms. The number of esters is 4. The quantitative estimate of drug-likeness (QED) is 0.0831. The molecule has 0 unspecified atom stereocenters. The Labute approximate surface area is 243 Å². The van der Waals surface area contributed by atoms with Crippen molar-refractivity contribution >= 4 is 29.8 Å². The normalized spacial score (nSPS) is 27.7. The van der Waals surface area contributed by atoms with Crippen molar-refractivity contribution in [2.75, 3.05) is 6.61 Å². The van der Waals surface area contributed by atoms with Crippen LogP contribution >= 0.6 is 0 Å². The number of benzene rings is 2. The zero-order valence-corrected chi connectivity index (χ0v) is 21.8. The van der Waals surface area contributed by atoms with Gasteiger partial charge in [-0.2, -0.15) is 0 Å². The summed E-state index contributed by atoms with van der Waals surface area (Å²) in [6.07, 6.45) is -11.1. The SMILES string of the molecule is O=C(O)C[C@@H]1C(=O)O[C@@H]2[C@H](O)[C@@H](OC(=O)c3cc(O)c(O)c4c3[C@H]1C(=O)O4)[C@@H](OC(=O)c1cc(O)c(O)c(O)c1)O[C@@H]2CO. The molecule has 3 heterocycles. The topological polar surface area (TPSA) is 293 Å². The molecule has 8 N–H and O–H groups in total. The van der Waals surface area contributed by atoms with E-state index in [0.29, 0.717) is 18.2 Å². The van der Waals surface area contributed by atoms with Crippen LogP contribution in [0.15, 0.2) is 18.2 Å². The van der Waals surface area contributed by atoms with E-state index in [0.717, 1.165) is 0 Å². The Morgan fingerprint density at radius 3 is 2.11 bits per heavy atom. The van der Waals surface area contributed by atoms with Gasteiger partial charge in [-0.05, 0) is 18.2 Å². The van der Waals surface area contributed by atoms with E-state index in [9.17, 15) is 64.8 Å². The van der Waals surface area contributed by atoms with Crippen LogP contribution in [0.1, 0.15) is 38.6 Å². The van der Waals surface area contributed by atoms with Crippen molar-refractivity contribution in [3.05, 3.63) is 34.9 Å². The van der Waals surface area contributed by atoms with Crippen molar-refractivity contribution in [3.63, 3.8) is 0 Å². The van der Waals surface area contributed by atoms with E-state index in [1.807, 2.05) is 0 Å². The van der Waals surface area contributed by atoms with Crippen LogP contribution in [0.3, 0.4) is 0 Å². The summed E-state index contributed by atoms with van der Waals surface area (Å²) in [6, 6.07) is 2.01. The zero-order chi connectivity index (χ0) is 32.2. The fraction of sp³-hybridized carbons (Fsp3) is 0.346. The molecular formula is C26H22O18. The minimum atomic E-state index is -2.15. The van der Waals surface area contributed by atoms with Gasteiger partial charge in [0.1, 0.15) is 18.1 Å². The lowest BCUT2D eigenvalue weighted by atomic mass is 9.82. The molecule has 0 radical (unpaired) electrons. The summed E-state index contributed by atoms with van der Waals surface area (Å²) in [6.45, 7) is -1.02. The fourth-order valence-corrected chi connectivity index (χ4v) is 5.11. The van der Waals surface area contributed by atoms with E-state index >= 15 is 0 Å². The van der Waals surface area contributed by atoms with E-state index in [1.165, 1.54) is 0 Å². The van der Waals surface area contributed by atoms with Crippen LogP contribution in [0.25, 0.3) is 0 Å². The number of carboxylic acids is 1. The summed E-state index contributed by atoms with van der Waals surface area (Å²) in [7, 11) is 0. The number of phenols is 5. The molecule has 7 atom stereocenters. The monoisotopic (exact) mass is 622 g/mol. The van der Waals surface area contributed by atoms with Gasteiger partial charge in [-0.1, -0.05) is 0 Å². The predicted octanol–water partition coefficient (Wildman–Crippen LogP) is -1.31. The van der Waals surface area contributed by atoms with Crippen molar-refractivity contribution in [2.24, 2.45) is 5.92 Å². The van der Waals surface area contributed by atoms with E-state index < -0.39 is 137 Å². The predicted molar refractivity (Wildman–Crippen MR) is 132 cm³/mol. The number of aromatic hydroxyl groups is 5. The number of aliphatic hydroxyl groups excluding tert-OH is 2. The van der Waals surface area contributed by atoms with Crippen molar-refractivity contribution in [3.8, 4) is 34.5 Å². The number of carboxylic acid groups (broad SMARTS) is 1. The highest BCUT2D eigenvalue weighted by Crippen LogP contribution is 2.51. The highest BCUT2D eigenvalue weighted by atomic mass is 16.7. The molecule has 0 amide bonds. The molecule has 18 nitrogen and oxygen atoms in total. The summed E-state index contributed by atoms with van der Waals surface area (Å²) in [5, 5.41) is 80.2. The second-order valence-corrected chi connectivity index (χ2v) is 9.89. The second kappa shape index (κ2) is 11.1. The maximum absolute atomic E-state index is 13.5. The van der Waals surface area contributed by atoms with Gasteiger partial charge >= 0.3 is 29.8 Å². The molecule has 0 saturated carbocycles. The highest BCUT2D eigenvalue weighted by molar-refractivity contribution is 6.02. The Hall–Kier alpha value is -5.33. The average molecular weight is 622 g/mol. The van der Waals surface area contributed by atoms with Gasteiger partial charge in [0.05, 0.1) is 30.1 Å². The van der Waals surface area contributed by atoms with Gasteiger partial charge in [0.15, 0.2) is 41.0 Å². The first kappa shape index (κ1) is 30.1. The molecule has 2 aromatic rings. The van der Waals surface area contributed by atoms with Crippen LogP contribution in [0.4, 0.5) is 0 Å². The van der Waals surface area contributed by atoms with Gasteiger partial charge in [-0.25, -0.2) is 9.59 Å².